The van der Waals surface area contributed by atoms with Crippen LogP contribution in [0.3, 0.4) is 0 Å². The Morgan fingerprint density at radius 2 is 1.69 bits per heavy atom. The van der Waals surface area contributed by atoms with Crippen molar-refractivity contribution < 1.29 is 23.9 Å². The molecule has 0 unspecified atom stereocenters. The minimum atomic E-state index is -0.666. The normalized spacial score (nSPS) is 22.7. The molecule has 2 aliphatic heterocycles. The highest BCUT2D eigenvalue weighted by Crippen LogP contribution is 2.31. The predicted molar refractivity (Wildman–Crippen MR) is 118 cm³/mol. The van der Waals surface area contributed by atoms with E-state index in [1.54, 1.807) is 17.9 Å². The number of benzene rings is 1. The molecule has 174 valence electrons. The van der Waals surface area contributed by atoms with Crippen LogP contribution in [0, 0.1) is 0 Å². The van der Waals surface area contributed by atoms with Crippen LogP contribution in [0.25, 0.3) is 0 Å². The highest BCUT2D eigenvalue weighted by Gasteiger charge is 2.34. The minimum absolute atomic E-state index is 0.108. The van der Waals surface area contributed by atoms with Gasteiger partial charge in [0.25, 0.3) is 5.91 Å². The van der Waals surface area contributed by atoms with E-state index in [1.807, 2.05) is 23.1 Å². The average molecular weight is 445 g/mol. The molecule has 4 amide bonds. The van der Waals surface area contributed by atoms with Gasteiger partial charge in [-0.2, -0.15) is 0 Å². The quantitative estimate of drug-likeness (QED) is 0.730. The van der Waals surface area contributed by atoms with Gasteiger partial charge in [0.15, 0.2) is 11.5 Å². The van der Waals surface area contributed by atoms with Gasteiger partial charge < -0.3 is 19.7 Å². The van der Waals surface area contributed by atoms with E-state index in [1.165, 1.54) is 6.42 Å². The first-order valence-corrected chi connectivity index (χ1v) is 11.5. The molecule has 0 bridgehead atoms. The number of piperazine rings is 1. The minimum Gasteiger partial charge on any atom is -0.485 e. The Balaban J connectivity index is 1.22. The zero-order chi connectivity index (χ0) is 22.5. The second-order valence-corrected chi connectivity index (χ2v) is 8.70. The van der Waals surface area contributed by atoms with Gasteiger partial charge >= 0.3 is 6.03 Å². The van der Waals surface area contributed by atoms with Crippen molar-refractivity contribution in [1.82, 2.24) is 20.4 Å². The lowest BCUT2D eigenvalue weighted by Gasteiger charge is -2.39. The van der Waals surface area contributed by atoms with E-state index in [0.717, 1.165) is 25.7 Å². The van der Waals surface area contributed by atoms with Gasteiger partial charge in [0, 0.05) is 32.2 Å². The van der Waals surface area contributed by atoms with Crippen molar-refractivity contribution in [3.05, 3.63) is 24.3 Å². The fraction of sp³-hybridized carbons (Fsp3) is 0.609. The Hall–Kier alpha value is -2.81. The Labute approximate surface area is 188 Å². The first-order valence-electron chi connectivity index (χ1n) is 11.5. The number of rotatable bonds is 4. The van der Waals surface area contributed by atoms with E-state index in [-0.39, 0.29) is 24.5 Å². The highest BCUT2D eigenvalue weighted by molar-refractivity contribution is 5.96. The molecule has 9 nitrogen and oxygen atoms in total. The first-order chi connectivity index (χ1) is 15.5. The largest absolute Gasteiger partial charge is 0.485 e. The van der Waals surface area contributed by atoms with Gasteiger partial charge in [-0.05, 0) is 31.9 Å². The maximum Gasteiger partial charge on any atom is 0.321 e. The summed E-state index contributed by atoms with van der Waals surface area (Å²) in [5.41, 5.74) is 0. The standard InChI is InChI=1S/C23H32N4O5/c1-16(21(28)25-23(30)24-17-7-3-2-4-8-17)26-11-13-27(14-12-26)22(29)20-15-31-18-9-5-6-10-19(18)32-20/h5-6,9-10,16-17,20H,2-4,7-8,11-15H2,1H3,(H2,24,25,28,30)/t16-,20+/m0/s1. The number of nitrogens with one attached hydrogen (secondary N) is 2. The maximum atomic E-state index is 12.9. The topological polar surface area (TPSA) is 100 Å². The van der Waals surface area contributed by atoms with Gasteiger partial charge in [0.1, 0.15) is 6.61 Å². The molecule has 2 fully saturated rings. The fourth-order valence-electron chi connectivity index (χ4n) is 4.53. The van der Waals surface area contributed by atoms with Gasteiger partial charge in [-0.25, -0.2) is 4.79 Å². The van der Waals surface area contributed by atoms with Crippen molar-refractivity contribution in [2.45, 2.75) is 57.2 Å². The van der Waals surface area contributed by atoms with Crippen LogP contribution >= 0.6 is 0 Å². The van der Waals surface area contributed by atoms with Crippen molar-refractivity contribution >= 4 is 17.8 Å². The lowest BCUT2D eigenvalue weighted by molar-refractivity contribution is -0.143. The molecule has 2 heterocycles. The number of ether oxygens (including phenoxy) is 2. The molecule has 0 radical (unpaired) electrons. The van der Waals surface area contributed by atoms with Crippen LogP contribution in [-0.4, -0.2) is 78.6 Å². The van der Waals surface area contributed by atoms with E-state index in [4.69, 9.17) is 9.47 Å². The zero-order valence-electron chi connectivity index (χ0n) is 18.5. The monoisotopic (exact) mass is 444 g/mol. The van der Waals surface area contributed by atoms with Crippen LogP contribution in [0.1, 0.15) is 39.0 Å². The van der Waals surface area contributed by atoms with Crippen LogP contribution < -0.4 is 20.1 Å². The molecule has 32 heavy (non-hydrogen) atoms. The third-order valence-electron chi connectivity index (χ3n) is 6.51. The molecule has 0 aromatic heterocycles. The van der Waals surface area contributed by atoms with Crippen molar-refractivity contribution in [3.63, 3.8) is 0 Å². The molecule has 4 rings (SSSR count). The number of hydrogen-bond donors (Lipinski definition) is 2. The lowest BCUT2D eigenvalue weighted by Crippen LogP contribution is -2.58. The molecule has 1 saturated carbocycles. The van der Waals surface area contributed by atoms with Crippen LogP contribution in [0.15, 0.2) is 24.3 Å². The van der Waals surface area contributed by atoms with Crippen LogP contribution in [-0.2, 0) is 9.59 Å². The molecule has 3 aliphatic rings. The molecule has 2 N–H and O–H groups in total. The SMILES string of the molecule is C[C@@H](C(=O)NC(=O)NC1CCCCC1)N1CCN(C(=O)[C@H]2COc3ccccc3O2)CC1. The number of nitrogens with zero attached hydrogens (tertiary/aromatic N) is 2. The van der Waals surface area contributed by atoms with Crippen LogP contribution in [0.5, 0.6) is 11.5 Å². The Morgan fingerprint density at radius 3 is 2.41 bits per heavy atom. The molecule has 9 heteroatoms. The van der Waals surface area contributed by atoms with E-state index >= 15 is 0 Å². The summed E-state index contributed by atoms with van der Waals surface area (Å²) in [6.45, 7) is 4.06. The molecular formula is C23H32N4O5. The molecule has 1 aliphatic carbocycles. The first kappa shape index (κ1) is 22.4. The van der Waals surface area contributed by atoms with E-state index < -0.39 is 18.2 Å². The Kier molecular flexibility index (Phi) is 7.14. The summed E-state index contributed by atoms with van der Waals surface area (Å²) in [5.74, 6) is 0.795. The summed E-state index contributed by atoms with van der Waals surface area (Å²) in [6.07, 6.45) is 4.70. The molecule has 1 saturated heterocycles. The van der Waals surface area contributed by atoms with Gasteiger partial charge in [-0.15, -0.1) is 0 Å². The summed E-state index contributed by atoms with van der Waals surface area (Å²) in [6, 6.07) is 6.59. The van der Waals surface area contributed by atoms with Gasteiger partial charge in [-0.1, -0.05) is 31.4 Å². The Bertz CT molecular complexity index is 833. The zero-order valence-corrected chi connectivity index (χ0v) is 18.5. The maximum absolute atomic E-state index is 12.9. The van der Waals surface area contributed by atoms with Crippen molar-refractivity contribution in [2.75, 3.05) is 32.8 Å². The van der Waals surface area contributed by atoms with E-state index in [9.17, 15) is 14.4 Å². The molecular weight excluding hydrogens is 412 g/mol. The summed E-state index contributed by atoms with van der Waals surface area (Å²) < 4.78 is 11.5. The van der Waals surface area contributed by atoms with Crippen LogP contribution in [0.2, 0.25) is 0 Å². The molecule has 2 atom stereocenters. The predicted octanol–water partition coefficient (Wildman–Crippen LogP) is 1.52. The third-order valence-corrected chi connectivity index (χ3v) is 6.51. The van der Waals surface area contributed by atoms with E-state index in [2.05, 4.69) is 10.6 Å². The summed E-state index contributed by atoms with van der Waals surface area (Å²) in [4.78, 5) is 41.3. The Morgan fingerprint density at radius 1 is 1.00 bits per heavy atom. The van der Waals surface area contributed by atoms with Gasteiger partial charge in [0.2, 0.25) is 12.0 Å². The van der Waals surface area contributed by atoms with Gasteiger partial charge in [0.05, 0.1) is 6.04 Å². The number of fused-ring (bicyclic) bond motifs is 1. The summed E-state index contributed by atoms with van der Waals surface area (Å²) in [7, 11) is 0. The molecule has 1 aromatic carbocycles. The smallest absolute Gasteiger partial charge is 0.321 e. The van der Waals surface area contributed by atoms with Crippen LogP contribution in [0.4, 0.5) is 4.79 Å². The lowest BCUT2D eigenvalue weighted by atomic mass is 9.96. The number of imide groups is 1. The summed E-state index contributed by atoms with van der Waals surface area (Å²) in [5, 5.41) is 5.38. The number of para-hydroxylation sites is 2. The highest BCUT2D eigenvalue weighted by atomic mass is 16.6. The van der Waals surface area contributed by atoms with Crippen molar-refractivity contribution in [3.8, 4) is 11.5 Å². The second kappa shape index (κ2) is 10.2. The van der Waals surface area contributed by atoms with Crippen molar-refractivity contribution in [2.24, 2.45) is 0 Å². The molecule has 1 aromatic rings. The average Bonchev–Trinajstić information content (AvgIpc) is 2.83. The fourth-order valence-corrected chi connectivity index (χ4v) is 4.53. The number of amides is 4. The second-order valence-electron chi connectivity index (χ2n) is 8.70. The third kappa shape index (κ3) is 5.32. The van der Waals surface area contributed by atoms with Gasteiger partial charge in [-0.3, -0.25) is 19.8 Å². The molecule has 0 spiro atoms. The number of urea groups is 1. The number of hydrogen-bond acceptors (Lipinski definition) is 6. The van der Waals surface area contributed by atoms with Crippen molar-refractivity contribution in [1.29, 1.82) is 0 Å². The van der Waals surface area contributed by atoms with E-state index in [0.29, 0.717) is 37.7 Å². The number of carbonyl (C=O) groups excluding carboxylic acids is 3. The summed E-state index contributed by atoms with van der Waals surface area (Å²) >= 11 is 0. The number of carbonyl (C=O) groups is 3.